The van der Waals surface area contributed by atoms with Gasteiger partial charge in [-0.25, -0.2) is 4.79 Å². The van der Waals surface area contributed by atoms with Crippen LogP contribution in [-0.2, 0) is 15.1 Å². The molecule has 0 fully saturated rings. The molecule has 0 heterocycles. The average molecular weight is 222 g/mol. The zero-order chi connectivity index (χ0) is 12.2. The van der Waals surface area contributed by atoms with Crippen LogP contribution in [0.3, 0.4) is 0 Å². The molecule has 1 aromatic carbocycles. The van der Waals surface area contributed by atoms with Crippen molar-refractivity contribution in [1.29, 1.82) is 0 Å². The molecule has 1 rings (SSSR count). The predicted molar refractivity (Wildman–Crippen MR) is 61.8 cm³/mol. The van der Waals surface area contributed by atoms with Crippen LogP contribution in [0.5, 0.6) is 0 Å². The summed E-state index contributed by atoms with van der Waals surface area (Å²) in [6, 6.07) is 8.90. The normalized spacial score (nSPS) is 14.6. The lowest BCUT2D eigenvalue weighted by Gasteiger charge is -2.29. The second-order valence-corrected chi connectivity index (χ2v) is 4.01. The number of rotatable bonds is 4. The topological polar surface area (TPSA) is 46.5 Å². The van der Waals surface area contributed by atoms with E-state index < -0.39 is 11.6 Å². The molecule has 88 valence electrons. The highest BCUT2D eigenvalue weighted by molar-refractivity contribution is 5.81. The molecule has 1 N–H and O–H groups in total. The van der Waals surface area contributed by atoms with Gasteiger partial charge in [0.25, 0.3) is 0 Å². The summed E-state index contributed by atoms with van der Waals surface area (Å²) in [4.78, 5) is 11.8. The molecule has 16 heavy (non-hydrogen) atoms. The van der Waals surface area contributed by atoms with Crippen LogP contribution in [0.15, 0.2) is 30.3 Å². The van der Waals surface area contributed by atoms with E-state index in [0.29, 0.717) is 5.56 Å². The molecule has 1 unspecified atom stereocenters. The lowest BCUT2D eigenvalue weighted by molar-refractivity contribution is -0.171. The van der Waals surface area contributed by atoms with Gasteiger partial charge < -0.3 is 9.84 Å². The minimum Gasteiger partial charge on any atom is -0.464 e. The molecule has 0 saturated heterocycles. The lowest BCUT2D eigenvalue weighted by Crippen LogP contribution is -2.42. The zero-order valence-corrected chi connectivity index (χ0v) is 9.93. The Kier molecular flexibility index (Phi) is 4.07. The van der Waals surface area contributed by atoms with Crippen molar-refractivity contribution in [3.05, 3.63) is 35.9 Å². The summed E-state index contributed by atoms with van der Waals surface area (Å²) >= 11 is 0. The quantitative estimate of drug-likeness (QED) is 0.793. The lowest BCUT2D eigenvalue weighted by atomic mass is 9.83. The number of carbonyl (C=O) groups excluding carboxylic acids is 1. The zero-order valence-electron chi connectivity index (χ0n) is 9.93. The molecule has 1 atom stereocenters. The van der Waals surface area contributed by atoms with E-state index in [2.05, 4.69) is 0 Å². The number of esters is 1. The van der Waals surface area contributed by atoms with Crippen molar-refractivity contribution in [3.8, 4) is 0 Å². The highest BCUT2D eigenvalue weighted by Crippen LogP contribution is 2.30. The van der Waals surface area contributed by atoms with Gasteiger partial charge in [-0.2, -0.15) is 0 Å². The van der Waals surface area contributed by atoms with Gasteiger partial charge >= 0.3 is 5.97 Å². The maximum absolute atomic E-state index is 11.8. The first-order chi connectivity index (χ1) is 7.53. The molecule has 0 amide bonds. The van der Waals surface area contributed by atoms with E-state index >= 15 is 0 Å². The van der Waals surface area contributed by atoms with Crippen LogP contribution in [0, 0.1) is 5.92 Å². The standard InChI is InChI=1S/C13H18O3/c1-4-16-12(14)13(15,10(2)3)11-8-6-5-7-9-11/h5-10,15H,4H2,1-3H3. The Balaban J connectivity index is 3.12. The van der Waals surface area contributed by atoms with E-state index in [1.54, 1.807) is 45.0 Å². The highest BCUT2D eigenvalue weighted by Gasteiger charge is 2.42. The first kappa shape index (κ1) is 12.7. The molecule has 0 spiro atoms. The predicted octanol–water partition coefficient (Wildman–Crippen LogP) is 2.09. The fourth-order valence-electron chi connectivity index (χ4n) is 1.62. The van der Waals surface area contributed by atoms with Gasteiger partial charge in [0.2, 0.25) is 0 Å². The molecule has 0 saturated carbocycles. The largest absolute Gasteiger partial charge is 0.464 e. The molecule has 0 aliphatic heterocycles. The van der Waals surface area contributed by atoms with E-state index in [-0.39, 0.29) is 12.5 Å². The van der Waals surface area contributed by atoms with Crippen molar-refractivity contribution in [1.82, 2.24) is 0 Å². The van der Waals surface area contributed by atoms with E-state index in [9.17, 15) is 9.90 Å². The Labute approximate surface area is 96.1 Å². The molecular weight excluding hydrogens is 204 g/mol. The fourth-order valence-corrected chi connectivity index (χ4v) is 1.62. The number of benzene rings is 1. The first-order valence-corrected chi connectivity index (χ1v) is 5.48. The van der Waals surface area contributed by atoms with Crippen LogP contribution < -0.4 is 0 Å². The van der Waals surface area contributed by atoms with Gasteiger partial charge in [0.1, 0.15) is 0 Å². The second-order valence-electron chi connectivity index (χ2n) is 4.01. The Bertz CT molecular complexity index is 345. The Morgan fingerprint density at radius 3 is 2.38 bits per heavy atom. The van der Waals surface area contributed by atoms with Crippen molar-refractivity contribution in [2.45, 2.75) is 26.4 Å². The first-order valence-electron chi connectivity index (χ1n) is 5.48. The van der Waals surface area contributed by atoms with Crippen molar-refractivity contribution in [2.24, 2.45) is 5.92 Å². The summed E-state index contributed by atoms with van der Waals surface area (Å²) in [5.74, 6) is -0.829. The van der Waals surface area contributed by atoms with E-state index in [1.807, 2.05) is 6.07 Å². The molecule has 0 aromatic heterocycles. The van der Waals surface area contributed by atoms with Crippen LogP contribution in [0.2, 0.25) is 0 Å². The average Bonchev–Trinajstić information content (AvgIpc) is 2.29. The van der Waals surface area contributed by atoms with Gasteiger partial charge in [-0.05, 0) is 18.4 Å². The van der Waals surface area contributed by atoms with Crippen LogP contribution in [-0.4, -0.2) is 17.7 Å². The summed E-state index contributed by atoms with van der Waals surface area (Å²) < 4.78 is 4.93. The summed E-state index contributed by atoms with van der Waals surface area (Å²) in [6.07, 6.45) is 0. The maximum Gasteiger partial charge on any atom is 0.343 e. The minimum absolute atomic E-state index is 0.242. The van der Waals surface area contributed by atoms with E-state index in [4.69, 9.17) is 4.74 Å². The van der Waals surface area contributed by atoms with Crippen LogP contribution in [0.25, 0.3) is 0 Å². The Hall–Kier alpha value is -1.35. The van der Waals surface area contributed by atoms with Gasteiger partial charge in [-0.1, -0.05) is 44.2 Å². The number of aliphatic hydroxyl groups is 1. The van der Waals surface area contributed by atoms with E-state index in [0.717, 1.165) is 0 Å². The molecule has 0 bridgehead atoms. The van der Waals surface area contributed by atoms with Gasteiger partial charge in [0, 0.05) is 0 Å². The maximum atomic E-state index is 11.8. The van der Waals surface area contributed by atoms with Crippen molar-refractivity contribution >= 4 is 5.97 Å². The summed E-state index contributed by atoms with van der Waals surface area (Å²) in [6.45, 7) is 5.58. The SMILES string of the molecule is CCOC(=O)C(O)(c1ccccc1)C(C)C. The summed E-state index contributed by atoms with van der Waals surface area (Å²) in [7, 11) is 0. The summed E-state index contributed by atoms with van der Waals surface area (Å²) in [5.41, 5.74) is -0.986. The van der Waals surface area contributed by atoms with Gasteiger partial charge in [0.15, 0.2) is 5.60 Å². The molecule has 0 aliphatic carbocycles. The van der Waals surface area contributed by atoms with Crippen LogP contribution in [0.4, 0.5) is 0 Å². The number of hydrogen-bond donors (Lipinski definition) is 1. The van der Waals surface area contributed by atoms with E-state index in [1.165, 1.54) is 0 Å². The number of carbonyl (C=O) groups is 1. The third-order valence-corrected chi connectivity index (χ3v) is 2.64. The molecular formula is C13H18O3. The highest BCUT2D eigenvalue weighted by atomic mass is 16.5. The van der Waals surface area contributed by atoms with Crippen molar-refractivity contribution < 1.29 is 14.6 Å². The van der Waals surface area contributed by atoms with Crippen LogP contribution >= 0.6 is 0 Å². The second kappa shape index (κ2) is 5.12. The van der Waals surface area contributed by atoms with Crippen molar-refractivity contribution in [3.63, 3.8) is 0 Å². The molecule has 0 radical (unpaired) electrons. The molecule has 3 nitrogen and oxygen atoms in total. The minimum atomic E-state index is -1.56. The smallest absolute Gasteiger partial charge is 0.343 e. The van der Waals surface area contributed by atoms with Gasteiger partial charge in [0.05, 0.1) is 6.61 Å². The van der Waals surface area contributed by atoms with Crippen molar-refractivity contribution in [2.75, 3.05) is 6.61 Å². The fraction of sp³-hybridized carbons (Fsp3) is 0.462. The number of hydrogen-bond acceptors (Lipinski definition) is 3. The number of ether oxygens (including phenoxy) is 1. The third-order valence-electron chi connectivity index (χ3n) is 2.64. The molecule has 0 aliphatic rings. The molecule has 1 aromatic rings. The van der Waals surface area contributed by atoms with Gasteiger partial charge in [-0.15, -0.1) is 0 Å². The summed E-state index contributed by atoms with van der Waals surface area (Å²) in [5, 5.41) is 10.5. The molecule has 3 heteroatoms. The van der Waals surface area contributed by atoms with Gasteiger partial charge in [-0.3, -0.25) is 0 Å². The van der Waals surface area contributed by atoms with Crippen LogP contribution in [0.1, 0.15) is 26.3 Å². The third kappa shape index (κ3) is 2.25. The Morgan fingerprint density at radius 1 is 1.38 bits per heavy atom. The monoisotopic (exact) mass is 222 g/mol. The Morgan fingerprint density at radius 2 is 1.94 bits per heavy atom.